The number of hydrogen-bond donors (Lipinski definition) is 1. The van der Waals surface area contributed by atoms with Crippen LogP contribution in [0.5, 0.6) is 0 Å². The molecule has 0 saturated heterocycles. The molecule has 1 fully saturated rings. The Kier molecular flexibility index (Phi) is 4.73. The van der Waals surface area contributed by atoms with Crippen molar-refractivity contribution < 1.29 is 0 Å². The highest BCUT2D eigenvalue weighted by molar-refractivity contribution is 9.10. The first-order valence-corrected chi connectivity index (χ1v) is 8.22. The predicted octanol–water partition coefficient (Wildman–Crippen LogP) is 5.04. The third-order valence-corrected chi connectivity index (χ3v) is 4.75. The van der Waals surface area contributed by atoms with Crippen LogP contribution in [0.4, 0.5) is 0 Å². The van der Waals surface area contributed by atoms with Gasteiger partial charge in [0.1, 0.15) is 0 Å². The monoisotopic (exact) mass is 323 g/mol. The van der Waals surface area contributed by atoms with E-state index < -0.39 is 0 Å². The van der Waals surface area contributed by atoms with Crippen molar-refractivity contribution in [3.05, 3.63) is 34.3 Å². The smallest absolute Gasteiger partial charge is 0.0175 e. The fourth-order valence-electron chi connectivity index (χ4n) is 3.03. The van der Waals surface area contributed by atoms with Crippen LogP contribution in [0.3, 0.4) is 0 Å². The third kappa shape index (κ3) is 4.06. The van der Waals surface area contributed by atoms with Gasteiger partial charge in [-0.3, -0.25) is 0 Å². The Morgan fingerprint density at radius 3 is 2.16 bits per heavy atom. The summed E-state index contributed by atoms with van der Waals surface area (Å²) in [4.78, 5) is 0. The maximum Gasteiger partial charge on any atom is 0.0175 e. The Morgan fingerprint density at radius 2 is 1.63 bits per heavy atom. The van der Waals surface area contributed by atoms with Gasteiger partial charge in [-0.05, 0) is 51.3 Å². The van der Waals surface area contributed by atoms with Crippen molar-refractivity contribution in [3.8, 4) is 0 Å². The van der Waals surface area contributed by atoms with E-state index in [1.165, 1.54) is 42.1 Å². The molecule has 2 heteroatoms. The second kappa shape index (κ2) is 5.97. The fourth-order valence-corrected chi connectivity index (χ4v) is 3.30. The topological polar surface area (TPSA) is 12.0 Å². The summed E-state index contributed by atoms with van der Waals surface area (Å²) in [5, 5.41) is 3.73. The lowest BCUT2D eigenvalue weighted by Gasteiger charge is -2.40. The van der Waals surface area contributed by atoms with Gasteiger partial charge < -0.3 is 5.32 Å². The third-order valence-electron chi connectivity index (χ3n) is 4.22. The number of rotatable bonds is 3. The van der Waals surface area contributed by atoms with E-state index in [1.807, 2.05) is 0 Å². The number of halogens is 1. The van der Waals surface area contributed by atoms with Gasteiger partial charge >= 0.3 is 0 Å². The molecule has 0 aromatic heterocycles. The van der Waals surface area contributed by atoms with Crippen molar-refractivity contribution in [2.75, 3.05) is 6.54 Å². The standard InChI is InChI=1S/C17H26BrN/c1-16(2,3)19-13-17(11-5-4-6-12-17)14-7-9-15(18)10-8-14/h7-10,19H,4-6,11-13H2,1-3H3. The minimum Gasteiger partial charge on any atom is -0.311 e. The molecule has 0 amide bonds. The van der Waals surface area contributed by atoms with Gasteiger partial charge in [-0.1, -0.05) is 47.3 Å². The Bertz CT molecular complexity index is 396. The molecule has 1 aliphatic rings. The molecular formula is C17H26BrN. The van der Waals surface area contributed by atoms with Crippen LogP contribution in [-0.4, -0.2) is 12.1 Å². The SMILES string of the molecule is CC(C)(C)NCC1(c2ccc(Br)cc2)CCCCC1. The molecule has 1 saturated carbocycles. The molecule has 0 aliphatic heterocycles. The zero-order chi connectivity index (χ0) is 13.9. The van der Waals surface area contributed by atoms with Crippen LogP contribution in [0.15, 0.2) is 28.7 Å². The first kappa shape index (κ1) is 15.1. The molecule has 1 N–H and O–H groups in total. The second-order valence-corrected chi connectivity index (χ2v) is 7.87. The Hall–Kier alpha value is -0.340. The van der Waals surface area contributed by atoms with E-state index in [4.69, 9.17) is 0 Å². The maximum atomic E-state index is 3.73. The second-order valence-electron chi connectivity index (χ2n) is 6.95. The lowest BCUT2D eigenvalue weighted by Crippen LogP contribution is -2.47. The molecule has 106 valence electrons. The van der Waals surface area contributed by atoms with Crippen molar-refractivity contribution in [3.63, 3.8) is 0 Å². The molecule has 1 aromatic rings. The molecule has 0 atom stereocenters. The van der Waals surface area contributed by atoms with E-state index in [9.17, 15) is 0 Å². The lowest BCUT2D eigenvalue weighted by atomic mass is 9.69. The predicted molar refractivity (Wildman–Crippen MR) is 86.7 cm³/mol. The molecular weight excluding hydrogens is 298 g/mol. The van der Waals surface area contributed by atoms with E-state index in [-0.39, 0.29) is 5.54 Å². The van der Waals surface area contributed by atoms with Crippen LogP contribution in [0, 0.1) is 0 Å². The molecule has 0 heterocycles. The quantitative estimate of drug-likeness (QED) is 0.821. The lowest BCUT2D eigenvalue weighted by molar-refractivity contribution is 0.254. The van der Waals surface area contributed by atoms with Crippen LogP contribution in [0.1, 0.15) is 58.4 Å². The zero-order valence-corrected chi connectivity index (χ0v) is 14.0. The van der Waals surface area contributed by atoms with Crippen molar-refractivity contribution >= 4 is 15.9 Å². The van der Waals surface area contributed by atoms with Crippen molar-refractivity contribution in [1.29, 1.82) is 0 Å². The summed E-state index contributed by atoms with van der Waals surface area (Å²) in [6, 6.07) is 8.98. The number of nitrogens with one attached hydrogen (secondary N) is 1. The highest BCUT2D eigenvalue weighted by Crippen LogP contribution is 2.39. The minimum absolute atomic E-state index is 0.194. The fraction of sp³-hybridized carbons (Fsp3) is 0.647. The van der Waals surface area contributed by atoms with Gasteiger partial charge in [-0.15, -0.1) is 0 Å². The van der Waals surface area contributed by atoms with Crippen molar-refractivity contribution in [2.45, 2.75) is 63.8 Å². The van der Waals surface area contributed by atoms with Gasteiger partial charge in [0.2, 0.25) is 0 Å². The first-order valence-electron chi connectivity index (χ1n) is 7.42. The molecule has 0 spiro atoms. The first-order chi connectivity index (χ1) is 8.91. The summed E-state index contributed by atoms with van der Waals surface area (Å²) >= 11 is 3.54. The molecule has 1 nitrogen and oxygen atoms in total. The minimum atomic E-state index is 0.194. The van der Waals surface area contributed by atoms with Gasteiger partial charge in [-0.25, -0.2) is 0 Å². The summed E-state index contributed by atoms with van der Waals surface area (Å²) in [7, 11) is 0. The van der Waals surface area contributed by atoms with Crippen molar-refractivity contribution in [1.82, 2.24) is 5.32 Å². The summed E-state index contributed by atoms with van der Waals surface area (Å²) in [6.07, 6.45) is 6.76. The molecule has 0 bridgehead atoms. The summed E-state index contributed by atoms with van der Waals surface area (Å²) in [5.74, 6) is 0. The van der Waals surface area contributed by atoms with Gasteiger partial charge in [-0.2, -0.15) is 0 Å². The van der Waals surface area contributed by atoms with Crippen LogP contribution < -0.4 is 5.32 Å². The van der Waals surface area contributed by atoms with Gasteiger partial charge in [0.15, 0.2) is 0 Å². The zero-order valence-electron chi connectivity index (χ0n) is 12.4. The van der Waals surface area contributed by atoms with E-state index in [0.717, 1.165) is 6.54 Å². The van der Waals surface area contributed by atoms with Crippen LogP contribution >= 0.6 is 15.9 Å². The Morgan fingerprint density at radius 1 is 1.05 bits per heavy atom. The highest BCUT2D eigenvalue weighted by Gasteiger charge is 2.34. The van der Waals surface area contributed by atoms with Crippen LogP contribution in [0.2, 0.25) is 0 Å². The number of benzene rings is 1. The highest BCUT2D eigenvalue weighted by atomic mass is 79.9. The van der Waals surface area contributed by atoms with E-state index in [1.54, 1.807) is 0 Å². The molecule has 0 unspecified atom stereocenters. The van der Waals surface area contributed by atoms with Gasteiger partial charge in [0, 0.05) is 22.0 Å². The van der Waals surface area contributed by atoms with E-state index in [2.05, 4.69) is 66.3 Å². The maximum absolute atomic E-state index is 3.73. The number of hydrogen-bond acceptors (Lipinski definition) is 1. The Balaban J connectivity index is 2.21. The van der Waals surface area contributed by atoms with Gasteiger partial charge in [0.25, 0.3) is 0 Å². The molecule has 2 rings (SSSR count). The summed E-state index contributed by atoms with van der Waals surface area (Å²) < 4.78 is 1.17. The van der Waals surface area contributed by atoms with E-state index in [0.29, 0.717) is 5.41 Å². The molecule has 0 radical (unpaired) electrons. The largest absolute Gasteiger partial charge is 0.311 e. The average Bonchev–Trinajstić information content (AvgIpc) is 2.37. The van der Waals surface area contributed by atoms with E-state index >= 15 is 0 Å². The normalized spacial score (nSPS) is 19.4. The van der Waals surface area contributed by atoms with Crippen LogP contribution in [0.25, 0.3) is 0 Å². The summed E-state index contributed by atoms with van der Waals surface area (Å²) in [6.45, 7) is 7.86. The Labute approximate surface area is 126 Å². The molecule has 1 aliphatic carbocycles. The van der Waals surface area contributed by atoms with Gasteiger partial charge in [0.05, 0.1) is 0 Å². The van der Waals surface area contributed by atoms with Crippen LogP contribution in [-0.2, 0) is 5.41 Å². The summed E-state index contributed by atoms with van der Waals surface area (Å²) in [5.41, 5.74) is 2.04. The average molecular weight is 324 g/mol. The van der Waals surface area contributed by atoms with Crippen molar-refractivity contribution in [2.24, 2.45) is 0 Å². The molecule has 19 heavy (non-hydrogen) atoms. The molecule has 1 aromatic carbocycles.